The Labute approximate surface area is 111 Å². The molecule has 7 nitrogen and oxygen atoms in total. The maximum absolute atomic E-state index is 12.0. The van der Waals surface area contributed by atoms with Gasteiger partial charge in [-0.1, -0.05) is 0 Å². The Kier molecular flexibility index (Phi) is 3.94. The fraction of sp³-hybridized carbons (Fsp3) is 0.500. The Morgan fingerprint density at radius 1 is 1.53 bits per heavy atom. The standard InChI is InChI=1S/C12H17N5O2/c1-9(7-17-6-5-13-8-17)14-12(19)10-3-4-11(18)16(2)15-10/h5-6,8-9H,3-4,7H2,1-2H3,(H,14,19)/t9-/m1/s1. The van der Waals surface area contributed by atoms with E-state index in [0.717, 1.165) is 0 Å². The Morgan fingerprint density at radius 2 is 2.32 bits per heavy atom. The molecule has 102 valence electrons. The highest BCUT2D eigenvalue weighted by atomic mass is 16.2. The van der Waals surface area contributed by atoms with Gasteiger partial charge >= 0.3 is 0 Å². The molecule has 1 atom stereocenters. The van der Waals surface area contributed by atoms with Gasteiger partial charge in [0.2, 0.25) is 5.91 Å². The molecule has 1 aliphatic heterocycles. The van der Waals surface area contributed by atoms with Crippen LogP contribution in [0.5, 0.6) is 0 Å². The van der Waals surface area contributed by atoms with E-state index >= 15 is 0 Å². The monoisotopic (exact) mass is 263 g/mol. The summed E-state index contributed by atoms with van der Waals surface area (Å²) in [6.45, 7) is 2.56. The number of nitrogens with zero attached hydrogens (tertiary/aromatic N) is 4. The van der Waals surface area contributed by atoms with E-state index in [2.05, 4.69) is 15.4 Å². The largest absolute Gasteiger partial charge is 0.347 e. The number of imidazole rings is 1. The average molecular weight is 263 g/mol. The first-order valence-electron chi connectivity index (χ1n) is 6.17. The number of carbonyl (C=O) groups excluding carboxylic acids is 2. The minimum Gasteiger partial charge on any atom is -0.347 e. The van der Waals surface area contributed by atoms with E-state index in [-0.39, 0.29) is 17.9 Å². The molecular weight excluding hydrogens is 246 g/mol. The molecule has 2 heterocycles. The van der Waals surface area contributed by atoms with Crippen molar-refractivity contribution in [2.24, 2.45) is 5.10 Å². The highest BCUT2D eigenvalue weighted by Gasteiger charge is 2.22. The lowest BCUT2D eigenvalue weighted by Crippen LogP contribution is -2.42. The molecule has 0 saturated heterocycles. The molecule has 0 fully saturated rings. The Balaban J connectivity index is 1.90. The highest BCUT2D eigenvalue weighted by Crippen LogP contribution is 2.07. The van der Waals surface area contributed by atoms with E-state index < -0.39 is 0 Å². The van der Waals surface area contributed by atoms with Crippen molar-refractivity contribution in [3.63, 3.8) is 0 Å². The Hall–Kier alpha value is -2.18. The van der Waals surface area contributed by atoms with Crippen molar-refractivity contribution in [2.45, 2.75) is 32.4 Å². The number of carbonyl (C=O) groups is 2. The molecule has 0 unspecified atom stereocenters. The lowest BCUT2D eigenvalue weighted by atomic mass is 10.1. The zero-order chi connectivity index (χ0) is 13.8. The van der Waals surface area contributed by atoms with Crippen LogP contribution >= 0.6 is 0 Å². The van der Waals surface area contributed by atoms with Crippen LogP contribution in [0.4, 0.5) is 0 Å². The number of rotatable bonds is 4. The topological polar surface area (TPSA) is 79.6 Å². The second-order valence-electron chi connectivity index (χ2n) is 4.60. The smallest absolute Gasteiger partial charge is 0.267 e. The zero-order valence-corrected chi connectivity index (χ0v) is 11.0. The Morgan fingerprint density at radius 3 is 2.95 bits per heavy atom. The third kappa shape index (κ3) is 3.40. The highest BCUT2D eigenvalue weighted by molar-refractivity contribution is 6.39. The number of hydrogen-bond acceptors (Lipinski definition) is 4. The summed E-state index contributed by atoms with van der Waals surface area (Å²) in [7, 11) is 1.56. The van der Waals surface area contributed by atoms with E-state index in [1.807, 2.05) is 17.7 Å². The zero-order valence-electron chi connectivity index (χ0n) is 11.0. The third-order valence-electron chi connectivity index (χ3n) is 2.89. The van der Waals surface area contributed by atoms with Gasteiger partial charge in [-0.2, -0.15) is 5.10 Å². The van der Waals surface area contributed by atoms with Crippen molar-refractivity contribution in [1.82, 2.24) is 19.9 Å². The second kappa shape index (κ2) is 5.64. The van der Waals surface area contributed by atoms with Crippen molar-refractivity contribution in [3.05, 3.63) is 18.7 Å². The van der Waals surface area contributed by atoms with Crippen LogP contribution in [0.3, 0.4) is 0 Å². The van der Waals surface area contributed by atoms with Crippen LogP contribution < -0.4 is 5.32 Å². The molecule has 1 aromatic heterocycles. The summed E-state index contributed by atoms with van der Waals surface area (Å²) in [5.74, 6) is -0.282. The van der Waals surface area contributed by atoms with Crippen LogP contribution in [0.25, 0.3) is 0 Å². The van der Waals surface area contributed by atoms with Crippen molar-refractivity contribution in [2.75, 3.05) is 7.05 Å². The van der Waals surface area contributed by atoms with Gasteiger partial charge in [-0.3, -0.25) is 9.59 Å². The molecule has 0 spiro atoms. The molecule has 1 aliphatic rings. The van der Waals surface area contributed by atoms with Crippen molar-refractivity contribution in [3.8, 4) is 0 Å². The summed E-state index contributed by atoms with van der Waals surface area (Å²) in [5, 5.41) is 8.07. The molecular formula is C12H17N5O2. The predicted octanol–water partition coefficient (Wildman–Crippen LogP) is -0.00400. The molecule has 1 aromatic rings. The van der Waals surface area contributed by atoms with Crippen LogP contribution in [-0.4, -0.2) is 45.2 Å². The lowest BCUT2D eigenvalue weighted by Gasteiger charge is -2.20. The molecule has 19 heavy (non-hydrogen) atoms. The number of hydrogen-bond donors (Lipinski definition) is 1. The van der Waals surface area contributed by atoms with E-state index in [4.69, 9.17) is 0 Å². The third-order valence-corrected chi connectivity index (χ3v) is 2.89. The van der Waals surface area contributed by atoms with Crippen LogP contribution in [0.2, 0.25) is 0 Å². The van der Waals surface area contributed by atoms with E-state index in [0.29, 0.717) is 25.1 Å². The molecule has 7 heteroatoms. The molecule has 0 aromatic carbocycles. The number of nitrogens with one attached hydrogen (secondary N) is 1. The van der Waals surface area contributed by atoms with E-state index in [1.165, 1.54) is 5.01 Å². The Bertz CT molecular complexity index is 494. The first kappa shape index (κ1) is 13.3. The summed E-state index contributed by atoms with van der Waals surface area (Å²) in [6, 6.07) is -0.0349. The van der Waals surface area contributed by atoms with Gasteiger partial charge in [0, 0.05) is 44.9 Å². The summed E-state index contributed by atoms with van der Waals surface area (Å²) in [5.41, 5.74) is 0.402. The first-order valence-corrected chi connectivity index (χ1v) is 6.17. The maximum atomic E-state index is 12.0. The minimum absolute atomic E-state index is 0.0349. The maximum Gasteiger partial charge on any atom is 0.267 e. The molecule has 0 radical (unpaired) electrons. The average Bonchev–Trinajstić information content (AvgIpc) is 2.85. The first-order chi connectivity index (χ1) is 9.06. The van der Waals surface area contributed by atoms with E-state index in [9.17, 15) is 9.59 Å². The number of amides is 2. The molecule has 0 saturated carbocycles. The summed E-state index contributed by atoms with van der Waals surface area (Å²) in [4.78, 5) is 27.2. The van der Waals surface area contributed by atoms with Crippen LogP contribution in [-0.2, 0) is 16.1 Å². The molecule has 0 bridgehead atoms. The van der Waals surface area contributed by atoms with Gasteiger partial charge in [0.25, 0.3) is 5.91 Å². The van der Waals surface area contributed by atoms with Crippen molar-refractivity contribution < 1.29 is 9.59 Å². The van der Waals surface area contributed by atoms with Crippen LogP contribution in [0.1, 0.15) is 19.8 Å². The van der Waals surface area contributed by atoms with Gasteiger partial charge in [0.15, 0.2) is 0 Å². The van der Waals surface area contributed by atoms with Gasteiger partial charge < -0.3 is 9.88 Å². The summed E-state index contributed by atoms with van der Waals surface area (Å²) < 4.78 is 1.89. The quantitative estimate of drug-likeness (QED) is 0.830. The lowest BCUT2D eigenvalue weighted by molar-refractivity contribution is -0.130. The number of hydrazone groups is 1. The second-order valence-corrected chi connectivity index (χ2v) is 4.60. The molecule has 2 amide bonds. The van der Waals surface area contributed by atoms with Gasteiger partial charge in [-0.25, -0.2) is 9.99 Å². The van der Waals surface area contributed by atoms with Crippen LogP contribution in [0.15, 0.2) is 23.8 Å². The molecule has 0 aliphatic carbocycles. The fourth-order valence-corrected chi connectivity index (χ4v) is 1.90. The van der Waals surface area contributed by atoms with Crippen LogP contribution in [0, 0.1) is 0 Å². The fourth-order valence-electron chi connectivity index (χ4n) is 1.90. The molecule has 2 rings (SSSR count). The summed E-state index contributed by atoms with van der Waals surface area (Å²) in [6.07, 6.45) is 5.96. The van der Waals surface area contributed by atoms with E-state index in [1.54, 1.807) is 19.6 Å². The van der Waals surface area contributed by atoms with Gasteiger partial charge in [-0.05, 0) is 6.92 Å². The van der Waals surface area contributed by atoms with Crippen molar-refractivity contribution in [1.29, 1.82) is 0 Å². The SMILES string of the molecule is C[C@H](Cn1ccnc1)NC(=O)C1=NN(C)C(=O)CC1. The van der Waals surface area contributed by atoms with Gasteiger partial charge in [0.05, 0.1) is 6.33 Å². The van der Waals surface area contributed by atoms with Gasteiger partial charge in [0.1, 0.15) is 5.71 Å². The number of aromatic nitrogens is 2. The van der Waals surface area contributed by atoms with Crippen molar-refractivity contribution >= 4 is 17.5 Å². The predicted molar refractivity (Wildman–Crippen MR) is 69.3 cm³/mol. The van der Waals surface area contributed by atoms with Gasteiger partial charge in [-0.15, -0.1) is 0 Å². The summed E-state index contributed by atoms with van der Waals surface area (Å²) >= 11 is 0. The molecule has 1 N–H and O–H groups in total. The normalized spacial score (nSPS) is 17.1. The minimum atomic E-state index is -0.216.